The topological polar surface area (TPSA) is 97.0 Å². The molecule has 0 saturated carbocycles. The van der Waals surface area contributed by atoms with Gasteiger partial charge in [0.1, 0.15) is 11.5 Å². The summed E-state index contributed by atoms with van der Waals surface area (Å²) in [5.41, 5.74) is 1.81. The van der Waals surface area contributed by atoms with Gasteiger partial charge in [0.05, 0.1) is 18.6 Å². The number of oxime groups is 1. The van der Waals surface area contributed by atoms with Crippen molar-refractivity contribution in [1.29, 1.82) is 0 Å². The number of anilines is 1. The van der Waals surface area contributed by atoms with E-state index in [0.717, 1.165) is 11.4 Å². The highest BCUT2D eigenvalue weighted by Gasteiger charge is 2.08. The first kappa shape index (κ1) is 15.3. The minimum atomic E-state index is -0.477. The lowest BCUT2D eigenvalue weighted by Gasteiger charge is -2.09. The third-order valence-corrected chi connectivity index (χ3v) is 3.08. The molecular formula is C15H15N3O4. The smallest absolute Gasteiger partial charge is 0.269 e. The molecule has 7 nitrogen and oxygen atoms in total. The Morgan fingerprint density at radius 2 is 1.86 bits per heavy atom. The fraction of sp³-hybridized carbons (Fsp3) is 0.133. The molecule has 0 amide bonds. The van der Waals surface area contributed by atoms with E-state index in [-0.39, 0.29) is 12.2 Å². The quantitative estimate of drug-likeness (QED) is 0.370. The molecule has 2 aromatic carbocycles. The maximum atomic E-state index is 10.6. The van der Waals surface area contributed by atoms with Gasteiger partial charge in [0, 0.05) is 23.4 Å². The van der Waals surface area contributed by atoms with Crippen molar-refractivity contribution in [3.63, 3.8) is 0 Å². The third kappa shape index (κ3) is 3.72. The van der Waals surface area contributed by atoms with Gasteiger partial charge < -0.3 is 15.3 Å². The van der Waals surface area contributed by atoms with E-state index in [0.29, 0.717) is 11.3 Å². The molecule has 0 bridgehead atoms. The molecule has 0 spiro atoms. The first-order valence-electron chi connectivity index (χ1n) is 6.47. The molecule has 0 unspecified atom stereocenters. The molecule has 22 heavy (non-hydrogen) atoms. The second-order valence-electron chi connectivity index (χ2n) is 4.43. The Labute approximate surface area is 127 Å². The molecule has 0 fully saturated rings. The van der Waals surface area contributed by atoms with Crippen molar-refractivity contribution in [2.45, 2.75) is 0 Å². The van der Waals surface area contributed by atoms with Crippen LogP contribution in [0.2, 0.25) is 0 Å². The Morgan fingerprint density at radius 1 is 1.23 bits per heavy atom. The van der Waals surface area contributed by atoms with Crippen molar-refractivity contribution in [3.05, 3.63) is 64.2 Å². The second kappa shape index (κ2) is 7.07. The van der Waals surface area contributed by atoms with Crippen LogP contribution >= 0.6 is 0 Å². The van der Waals surface area contributed by atoms with Crippen LogP contribution in [0.4, 0.5) is 11.4 Å². The van der Waals surface area contributed by atoms with E-state index in [1.165, 1.54) is 12.1 Å². The Kier molecular flexibility index (Phi) is 4.92. The number of rotatable bonds is 6. The molecule has 0 radical (unpaired) electrons. The standard InChI is InChI=1S/C15H15N3O4/c1-22-14-8-4-12(5-9-14)16-10-15(17-19)11-2-6-13(7-3-11)18(20)21/h2-9,16,19H,10H2,1H3/b17-15+. The number of methoxy groups -OCH3 is 1. The van der Waals surface area contributed by atoms with Crippen LogP contribution < -0.4 is 10.1 Å². The third-order valence-electron chi connectivity index (χ3n) is 3.08. The van der Waals surface area contributed by atoms with Crippen LogP contribution in [0, 0.1) is 10.1 Å². The zero-order chi connectivity index (χ0) is 15.9. The highest BCUT2D eigenvalue weighted by Crippen LogP contribution is 2.16. The van der Waals surface area contributed by atoms with E-state index in [2.05, 4.69) is 10.5 Å². The molecule has 114 valence electrons. The summed E-state index contributed by atoms with van der Waals surface area (Å²) in [6.07, 6.45) is 0. The zero-order valence-electron chi connectivity index (χ0n) is 11.9. The maximum Gasteiger partial charge on any atom is 0.269 e. The number of hydrogen-bond acceptors (Lipinski definition) is 6. The first-order valence-corrected chi connectivity index (χ1v) is 6.47. The van der Waals surface area contributed by atoms with Crippen molar-refractivity contribution in [3.8, 4) is 5.75 Å². The van der Waals surface area contributed by atoms with Crippen molar-refractivity contribution in [2.75, 3.05) is 19.0 Å². The molecule has 2 N–H and O–H groups in total. The predicted molar refractivity (Wildman–Crippen MR) is 82.9 cm³/mol. The van der Waals surface area contributed by atoms with Crippen molar-refractivity contribution in [2.24, 2.45) is 5.16 Å². The van der Waals surface area contributed by atoms with E-state index < -0.39 is 4.92 Å². The Balaban J connectivity index is 2.04. The predicted octanol–water partition coefficient (Wildman–Crippen LogP) is 2.89. The average molecular weight is 301 g/mol. The number of non-ortho nitro benzene ring substituents is 1. The van der Waals surface area contributed by atoms with E-state index in [1.54, 1.807) is 19.2 Å². The van der Waals surface area contributed by atoms with Crippen molar-refractivity contribution in [1.82, 2.24) is 0 Å². The van der Waals surface area contributed by atoms with Crippen LogP contribution in [0.5, 0.6) is 5.75 Å². The summed E-state index contributed by atoms with van der Waals surface area (Å²) in [7, 11) is 1.59. The van der Waals surface area contributed by atoms with Gasteiger partial charge in [-0.1, -0.05) is 5.16 Å². The van der Waals surface area contributed by atoms with Gasteiger partial charge in [0.25, 0.3) is 5.69 Å². The van der Waals surface area contributed by atoms with E-state index >= 15 is 0 Å². The van der Waals surface area contributed by atoms with Gasteiger partial charge in [-0.3, -0.25) is 10.1 Å². The van der Waals surface area contributed by atoms with Gasteiger partial charge in [-0.25, -0.2) is 0 Å². The lowest BCUT2D eigenvalue weighted by Crippen LogP contribution is -2.15. The Bertz CT molecular complexity index is 666. The van der Waals surface area contributed by atoms with Gasteiger partial charge >= 0.3 is 0 Å². The molecule has 0 atom stereocenters. The van der Waals surface area contributed by atoms with Gasteiger partial charge in [0.2, 0.25) is 0 Å². The maximum absolute atomic E-state index is 10.6. The average Bonchev–Trinajstić information content (AvgIpc) is 2.56. The molecular weight excluding hydrogens is 286 g/mol. The van der Waals surface area contributed by atoms with E-state index in [1.807, 2.05) is 24.3 Å². The summed E-state index contributed by atoms with van der Waals surface area (Å²) >= 11 is 0. The van der Waals surface area contributed by atoms with Crippen LogP contribution in [-0.2, 0) is 0 Å². The highest BCUT2D eigenvalue weighted by atomic mass is 16.6. The van der Waals surface area contributed by atoms with E-state index in [4.69, 9.17) is 9.94 Å². The monoisotopic (exact) mass is 301 g/mol. The summed E-state index contributed by atoms with van der Waals surface area (Å²) in [6.45, 7) is 0.278. The number of benzene rings is 2. The lowest BCUT2D eigenvalue weighted by atomic mass is 10.1. The summed E-state index contributed by atoms with van der Waals surface area (Å²) in [6, 6.07) is 13.1. The number of nitrogens with zero attached hydrogens (tertiary/aromatic N) is 2. The van der Waals surface area contributed by atoms with Crippen LogP contribution in [0.25, 0.3) is 0 Å². The Hall–Kier alpha value is -3.09. The van der Waals surface area contributed by atoms with Crippen LogP contribution in [0.3, 0.4) is 0 Å². The minimum absolute atomic E-state index is 0.0100. The second-order valence-corrected chi connectivity index (χ2v) is 4.43. The number of nitrogens with one attached hydrogen (secondary N) is 1. The van der Waals surface area contributed by atoms with Crippen LogP contribution in [0.1, 0.15) is 5.56 Å². The SMILES string of the molecule is COc1ccc(NC/C(=N\O)c2ccc([N+](=O)[O-])cc2)cc1. The van der Waals surface area contributed by atoms with E-state index in [9.17, 15) is 10.1 Å². The first-order chi connectivity index (χ1) is 10.6. The van der Waals surface area contributed by atoms with Crippen molar-refractivity contribution >= 4 is 17.1 Å². The molecule has 0 aliphatic carbocycles. The fourth-order valence-corrected chi connectivity index (χ4v) is 1.87. The summed E-state index contributed by atoms with van der Waals surface area (Å²) in [4.78, 5) is 10.1. The number of hydrogen-bond donors (Lipinski definition) is 2. The largest absolute Gasteiger partial charge is 0.497 e. The van der Waals surface area contributed by atoms with Crippen LogP contribution in [-0.4, -0.2) is 29.5 Å². The molecule has 0 aromatic heterocycles. The Morgan fingerprint density at radius 3 is 2.36 bits per heavy atom. The molecule has 0 heterocycles. The number of nitro benzene ring substituents is 1. The molecule has 2 rings (SSSR count). The minimum Gasteiger partial charge on any atom is -0.497 e. The van der Waals surface area contributed by atoms with Gasteiger partial charge in [-0.15, -0.1) is 0 Å². The molecule has 0 aliphatic heterocycles. The normalized spacial score (nSPS) is 11.0. The molecule has 7 heteroatoms. The lowest BCUT2D eigenvalue weighted by molar-refractivity contribution is -0.384. The van der Waals surface area contributed by atoms with Gasteiger partial charge in [-0.05, 0) is 36.4 Å². The van der Waals surface area contributed by atoms with Crippen LogP contribution in [0.15, 0.2) is 53.7 Å². The van der Waals surface area contributed by atoms with Gasteiger partial charge in [0.15, 0.2) is 0 Å². The molecule has 0 saturated heterocycles. The van der Waals surface area contributed by atoms with Crippen molar-refractivity contribution < 1.29 is 14.9 Å². The molecule has 0 aliphatic rings. The zero-order valence-corrected chi connectivity index (χ0v) is 11.9. The summed E-state index contributed by atoms with van der Waals surface area (Å²) in [5, 5.41) is 26.1. The molecule has 2 aromatic rings. The highest BCUT2D eigenvalue weighted by molar-refractivity contribution is 6.03. The fourth-order valence-electron chi connectivity index (χ4n) is 1.87. The summed E-state index contributed by atoms with van der Waals surface area (Å²) < 4.78 is 5.07. The number of nitro groups is 1. The number of ether oxygens (including phenoxy) is 1. The summed E-state index contributed by atoms with van der Waals surface area (Å²) in [5.74, 6) is 0.747. The van der Waals surface area contributed by atoms with Gasteiger partial charge in [-0.2, -0.15) is 0 Å².